The van der Waals surface area contributed by atoms with Gasteiger partial charge < -0.3 is 5.32 Å². The molecule has 0 atom stereocenters. The molecule has 0 unspecified atom stereocenters. The predicted molar refractivity (Wildman–Crippen MR) is 102 cm³/mol. The van der Waals surface area contributed by atoms with Crippen LogP contribution < -0.4 is 5.32 Å². The molecule has 0 saturated heterocycles. The molecule has 0 saturated carbocycles. The number of carbonyl (C=O) groups is 1. The monoisotopic (exact) mass is 346 g/mol. The molecule has 1 aliphatic heterocycles. The quantitative estimate of drug-likeness (QED) is 0.722. The van der Waals surface area contributed by atoms with Gasteiger partial charge in [-0.15, -0.1) is 0 Å². The second-order valence-electron chi connectivity index (χ2n) is 6.65. The third kappa shape index (κ3) is 3.73. The summed E-state index contributed by atoms with van der Waals surface area (Å²) in [6.07, 6.45) is 3.57. The van der Waals surface area contributed by atoms with Gasteiger partial charge in [-0.1, -0.05) is 36.4 Å². The van der Waals surface area contributed by atoms with Gasteiger partial charge in [0.05, 0.1) is 17.2 Å². The maximum atomic E-state index is 12.3. The maximum absolute atomic E-state index is 12.3. The lowest BCUT2D eigenvalue weighted by atomic mass is 10.00. The number of nitrogens with one attached hydrogen (secondary N) is 1. The van der Waals surface area contributed by atoms with E-state index in [0.717, 1.165) is 43.5 Å². The predicted octanol–water partition coefficient (Wildman–Crippen LogP) is 2.81. The zero-order valence-electron chi connectivity index (χ0n) is 14.7. The Morgan fingerprint density at radius 3 is 2.69 bits per heavy atom. The standard InChI is InChI=1S/C21H22N4O/c26-21(20-14-23-18-8-3-4-9-19(18)24-20)22-11-5-12-25-13-10-16-6-1-2-7-17(16)15-25/h1-4,6-9,14H,5,10-13,15H2,(H,22,26). The zero-order chi connectivity index (χ0) is 17.8. The Morgan fingerprint density at radius 2 is 1.81 bits per heavy atom. The van der Waals surface area contributed by atoms with Crippen LogP contribution in [-0.2, 0) is 13.0 Å². The van der Waals surface area contributed by atoms with E-state index in [0.29, 0.717) is 12.2 Å². The molecule has 4 rings (SSSR count). The Bertz CT molecular complexity index is 925. The summed E-state index contributed by atoms with van der Waals surface area (Å²) >= 11 is 0. The number of hydrogen-bond acceptors (Lipinski definition) is 4. The van der Waals surface area contributed by atoms with Crippen molar-refractivity contribution in [3.05, 3.63) is 71.5 Å². The summed E-state index contributed by atoms with van der Waals surface area (Å²) in [7, 11) is 0. The Labute approximate surface area is 153 Å². The first kappa shape index (κ1) is 16.7. The van der Waals surface area contributed by atoms with Crippen molar-refractivity contribution in [1.29, 1.82) is 0 Å². The Morgan fingerprint density at radius 1 is 1.04 bits per heavy atom. The van der Waals surface area contributed by atoms with E-state index in [1.54, 1.807) is 6.20 Å². The van der Waals surface area contributed by atoms with Gasteiger partial charge in [-0.05, 0) is 36.1 Å². The van der Waals surface area contributed by atoms with Gasteiger partial charge >= 0.3 is 0 Å². The fourth-order valence-electron chi connectivity index (χ4n) is 3.41. The number of amides is 1. The van der Waals surface area contributed by atoms with Crippen molar-refractivity contribution in [2.45, 2.75) is 19.4 Å². The molecule has 5 nitrogen and oxygen atoms in total. The summed E-state index contributed by atoms with van der Waals surface area (Å²) < 4.78 is 0. The van der Waals surface area contributed by atoms with E-state index in [1.807, 2.05) is 24.3 Å². The molecule has 5 heteroatoms. The molecule has 1 amide bonds. The molecule has 1 aliphatic rings. The average Bonchev–Trinajstić information content (AvgIpc) is 2.70. The second kappa shape index (κ2) is 7.62. The fraction of sp³-hybridized carbons (Fsp3) is 0.286. The smallest absolute Gasteiger partial charge is 0.271 e. The first-order valence-electron chi connectivity index (χ1n) is 9.09. The largest absolute Gasteiger partial charge is 0.351 e. The van der Waals surface area contributed by atoms with Crippen molar-refractivity contribution in [3.63, 3.8) is 0 Å². The van der Waals surface area contributed by atoms with Crippen molar-refractivity contribution in [1.82, 2.24) is 20.2 Å². The van der Waals surface area contributed by atoms with Crippen LogP contribution in [0.5, 0.6) is 0 Å². The van der Waals surface area contributed by atoms with Crippen LogP contribution in [0.1, 0.15) is 28.0 Å². The van der Waals surface area contributed by atoms with Crippen molar-refractivity contribution < 1.29 is 4.79 Å². The lowest BCUT2D eigenvalue weighted by Gasteiger charge is -2.28. The van der Waals surface area contributed by atoms with Crippen LogP contribution in [0.4, 0.5) is 0 Å². The van der Waals surface area contributed by atoms with Crippen LogP contribution in [0, 0.1) is 0 Å². The molecule has 2 aromatic carbocycles. The molecule has 0 bridgehead atoms. The van der Waals surface area contributed by atoms with Gasteiger partial charge in [-0.3, -0.25) is 14.7 Å². The molecule has 3 aromatic rings. The Kier molecular flexibility index (Phi) is 4.88. The summed E-state index contributed by atoms with van der Waals surface area (Å²) in [5.74, 6) is -0.160. The minimum atomic E-state index is -0.160. The number of benzene rings is 2. The number of nitrogens with zero attached hydrogens (tertiary/aromatic N) is 3. The molecule has 132 valence electrons. The SMILES string of the molecule is O=C(NCCCN1CCc2ccccc2C1)c1cnc2ccccc2n1. The summed E-state index contributed by atoms with van der Waals surface area (Å²) in [6.45, 7) is 3.71. The average molecular weight is 346 g/mol. The highest BCUT2D eigenvalue weighted by Crippen LogP contribution is 2.18. The summed E-state index contributed by atoms with van der Waals surface area (Å²) in [4.78, 5) is 23.4. The molecular formula is C21H22N4O. The van der Waals surface area contributed by atoms with E-state index in [4.69, 9.17) is 0 Å². The van der Waals surface area contributed by atoms with E-state index in [1.165, 1.54) is 11.1 Å². The van der Waals surface area contributed by atoms with Crippen molar-refractivity contribution in [3.8, 4) is 0 Å². The summed E-state index contributed by atoms with van der Waals surface area (Å²) in [5.41, 5.74) is 4.80. The number of fused-ring (bicyclic) bond motifs is 2. The van der Waals surface area contributed by atoms with Crippen molar-refractivity contribution in [2.24, 2.45) is 0 Å². The first-order chi connectivity index (χ1) is 12.8. The first-order valence-corrected chi connectivity index (χ1v) is 9.09. The molecular weight excluding hydrogens is 324 g/mol. The van der Waals surface area contributed by atoms with Gasteiger partial charge in [0, 0.05) is 26.2 Å². The van der Waals surface area contributed by atoms with E-state index in [9.17, 15) is 4.79 Å². The van der Waals surface area contributed by atoms with Gasteiger partial charge in [0.15, 0.2) is 0 Å². The Hall–Kier alpha value is -2.79. The van der Waals surface area contributed by atoms with E-state index < -0.39 is 0 Å². The number of rotatable bonds is 5. The van der Waals surface area contributed by atoms with Gasteiger partial charge in [-0.2, -0.15) is 0 Å². The van der Waals surface area contributed by atoms with E-state index in [2.05, 4.69) is 44.5 Å². The fourth-order valence-corrected chi connectivity index (χ4v) is 3.41. The molecule has 0 radical (unpaired) electrons. The highest BCUT2D eigenvalue weighted by molar-refractivity contribution is 5.93. The lowest BCUT2D eigenvalue weighted by Crippen LogP contribution is -2.33. The minimum absolute atomic E-state index is 0.160. The molecule has 0 spiro atoms. The molecule has 0 aliphatic carbocycles. The van der Waals surface area contributed by atoms with Gasteiger partial charge in [-0.25, -0.2) is 4.98 Å². The van der Waals surface area contributed by atoms with Crippen molar-refractivity contribution in [2.75, 3.05) is 19.6 Å². The Balaban J connectivity index is 1.26. The minimum Gasteiger partial charge on any atom is -0.351 e. The van der Waals surface area contributed by atoms with E-state index >= 15 is 0 Å². The van der Waals surface area contributed by atoms with Gasteiger partial charge in [0.1, 0.15) is 5.69 Å². The lowest BCUT2D eigenvalue weighted by molar-refractivity contribution is 0.0946. The van der Waals surface area contributed by atoms with Crippen LogP contribution in [0.3, 0.4) is 0 Å². The normalized spacial score (nSPS) is 14.2. The third-order valence-corrected chi connectivity index (χ3v) is 4.83. The number of hydrogen-bond donors (Lipinski definition) is 1. The number of aromatic nitrogens is 2. The molecule has 26 heavy (non-hydrogen) atoms. The highest BCUT2D eigenvalue weighted by atomic mass is 16.1. The number of carbonyl (C=O) groups excluding carboxylic acids is 1. The maximum Gasteiger partial charge on any atom is 0.271 e. The second-order valence-corrected chi connectivity index (χ2v) is 6.65. The summed E-state index contributed by atoms with van der Waals surface area (Å²) in [5, 5.41) is 2.95. The zero-order valence-corrected chi connectivity index (χ0v) is 14.7. The molecule has 1 aromatic heterocycles. The highest BCUT2D eigenvalue weighted by Gasteiger charge is 2.15. The van der Waals surface area contributed by atoms with Gasteiger partial charge in [0.25, 0.3) is 5.91 Å². The van der Waals surface area contributed by atoms with E-state index in [-0.39, 0.29) is 5.91 Å². The number of para-hydroxylation sites is 2. The molecule has 2 heterocycles. The van der Waals surface area contributed by atoms with Crippen molar-refractivity contribution >= 4 is 16.9 Å². The molecule has 0 fully saturated rings. The topological polar surface area (TPSA) is 58.1 Å². The van der Waals surface area contributed by atoms with Gasteiger partial charge in [0.2, 0.25) is 0 Å². The van der Waals surface area contributed by atoms with Crippen LogP contribution in [0.15, 0.2) is 54.7 Å². The van der Waals surface area contributed by atoms with Crippen LogP contribution in [0.2, 0.25) is 0 Å². The third-order valence-electron chi connectivity index (χ3n) is 4.83. The summed E-state index contributed by atoms with van der Waals surface area (Å²) in [6, 6.07) is 16.2. The molecule has 1 N–H and O–H groups in total. The van der Waals surface area contributed by atoms with Crippen LogP contribution in [0.25, 0.3) is 11.0 Å². The van der Waals surface area contributed by atoms with Crippen LogP contribution >= 0.6 is 0 Å². The van der Waals surface area contributed by atoms with Crippen LogP contribution in [-0.4, -0.2) is 40.4 Å².